The van der Waals surface area contributed by atoms with Crippen LogP contribution in [-0.2, 0) is 5.54 Å². The van der Waals surface area contributed by atoms with Crippen LogP contribution in [0.25, 0.3) is 0 Å². The standard InChI is InChI=1S/C9H15NOS/c1-9(7-11,10(2)3)8-5-4-6-12-8/h4-6,11H,7H2,1-3H3. The summed E-state index contributed by atoms with van der Waals surface area (Å²) in [5.41, 5.74) is -0.228. The molecule has 0 aromatic carbocycles. The number of thiophene rings is 1. The Morgan fingerprint density at radius 3 is 2.58 bits per heavy atom. The third-order valence-electron chi connectivity index (χ3n) is 2.35. The molecule has 1 unspecified atom stereocenters. The van der Waals surface area contributed by atoms with Crippen LogP contribution in [0, 0.1) is 0 Å². The maximum atomic E-state index is 9.29. The van der Waals surface area contributed by atoms with Gasteiger partial charge in [0.1, 0.15) is 0 Å². The number of aliphatic hydroxyl groups excluding tert-OH is 1. The minimum atomic E-state index is -0.228. The van der Waals surface area contributed by atoms with Gasteiger partial charge in [-0.15, -0.1) is 11.3 Å². The first-order valence-corrected chi connectivity index (χ1v) is 4.81. The SMILES string of the molecule is CN(C)C(C)(CO)c1cccs1. The third-order valence-corrected chi connectivity index (χ3v) is 3.47. The molecule has 0 spiro atoms. The zero-order chi connectivity index (χ0) is 9.19. The van der Waals surface area contributed by atoms with E-state index < -0.39 is 0 Å². The van der Waals surface area contributed by atoms with Crippen molar-refractivity contribution in [3.05, 3.63) is 22.4 Å². The van der Waals surface area contributed by atoms with Crippen LogP contribution in [0.15, 0.2) is 17.5 Å². The second-order valence-corrected chi connectivity index (χ2v) is 4.25. The van der Waals surface area contributed by atoms with Gasteiger partial charge in [0.2, 0.25) is 0 Å². The van der Waals surface area contributed by atoms with Gasteiger partial charge in [0.25, 0.3) is 0 Å². The van der Waals surface area contributed by atoms with Gasteiger partial charge in [0, 0.05) is 4.88 Å². The second kappa shape index (κ2) is 3.56. The number of rotatable bonds is 3. The van der Waals surface area contributed by atoms with E-state index in [1.807, 2.05) is 37.4 Å². The Balaban J connectivity index is 2.96. The average Bonchev–Trinajstić information content (AvgIpc) is 2.54. The molecule has 3 heteroatoms. The van der Waals surface area contributed by atoms with E-state index in [4.69, 9.17) is 0 Å². The van der Waals surface area contributed by atoms with E-state index in [0.717, 1.165) is 0 Å². The molecule has 0 aliphatic heterocycles. The number of aliphatic hydroxyl groups is 1. The van der Waals surface area contributed by atoms with E-state index >= 15 is 0 Å². The van der Waals surface area contributed by atoms with Crippen LogP contribution >= 0.6 is 11.3 Å². The lowest BCUT2D eigenvalue weighted by atomic mass is 10.0. The molecule has 0 saturated heterocycles. The highest BCUT2D eigenvalue weighted by molar-refractivity contribution is 7.10. The Morgan fingerprint density at radius 2 is 2.25 bits per heavy atom. The molecule has 68 valence electrons. The summed E-state index contributed by atoms with van der Waals surface area (Å²) < 4.78 is 0. The zero-order valence-corrected chi connectivity index (χ0v) is 8.56. The highest BCUT2D eigenvalue weighted by atomic mass is 32.1. The topological polar surface area (TPSA) is 23.5 Å². The average molecular weight is 185 g/mol. The largest absolute Gasteiger partial charge is 0.394 e. The van der Waals surface area contributed by atoms with Gasteiger partial charge in [0.05, 0.1) is 12.1 Å². The molecule has 2 nitrogen and oxygen atoms in total. The molecule has 1 aromatic heterocycles. The van der Waals surface area contributed by atoms with Crippen molar-refractivity contribution < 1.29 is 5.11 Å². The highest BCUT2D eigenvalue weighted by Gasteiger charge is 2.28. The molecule has 1 atom stereocenters. The van der Waals surface area contributed by atoms with E-state index in [1.54, 1.807) is 11.3 Å². The van der Waals surface area contributed by atoms with Gasteiger partial charge in [-0.2, -0.15) is 0 Å². The van der Waals surface area contributed by atoms with E-state index in [0.29, 0.717) is 0 Å². The maximum Gasteiger partial charge on any atom is 0.0754 e. The van der Waals surface area contributed by atoms with Crippen molar-refractivity contribution in [2.24, 2.45) is 0 Å². The lowest BCUT2D eigenvalue weighted by Crippen LogP contribution is -2.41. The first kappa shape index (κ1) is 9.71. The number of likely N-dealkylation sites (N-methyl/N-ethyl adjacent to an activating group) is 1. The fourth-order valence-electron chi connectivity index (χ4n) is 1.02. The van der Waals surface area contributed by atoms with E-state index in [-0.39, 0.29) is 12.1 Å². The minimum absolute atomic E-state index is 0.153. The summed E-state index contributed by atoms with van der Waals surface area (Å²) in [4.78, 5) is 3.24. The van der Waals surface area contributed by atoms with Crippen molar-refractivity contribution in [3.63, 3.8) is 0 Å². The summed E-state index contributed by atoms with van der Waals surface area (Å²) in [6, 6.07) is 4.07. The zero-order valence-electron chi connectivity index (χ0n) is 7.74. The molecular formula is C9H15NOS. The Kier molecular flexibility index (Phi) is 2.88. The van der Waals surface area contributed by atoms with Gasteiger partial charge in [-0.3, -0.25) is 4.90 Å². The monoisotopic (exact) mass is 185 g/mol. The quantitative estimate of drug-likeness (QED) is 0.771. The van der Waals surface area contributed by atoms with Gasteiger partial charge >= 0.3 is 0 Å². The van der Waals surface area contributed by atoms with E-state index in [2.05, 4.69) is 6.07 Å². The van der Waals surface area contributed by atoms with Crippen molar-refractivity contribution in [1.29, 1.82) is 0 Å². The van der Waals surface area contributed by atoms with Crippen molar-refractivity contribution in [1.82, 2.24) is 4.90 Å². The molecule has 0 aliphatic carbocycles. The first-order valence-electron chi connectivity index (χ1n) is 3.93. The summed E-state index contributed by atoms with van der Waals surface area (Å²) >= 11 is 1.68. The minimum Gasteiger partial charge on any atom is -0.394 e. The Labute approximate surface area is 77.5 Å². The normalized spacial score (nSPS) is 16.4. The predicted octanol–water partition coefficient (Wildman–Crippen LogP) is 1.52. The molecule has 0 fully saturated rings. The van der Waals surface area contributed by atoms with Crippen molar-refractivity contribution >= 4 is 11.3 Å². The molecule has 1 heterocycles. The maximum absolute atomic E-state index is 9.29. The van der Waals surface area contributed by atoms with E-state index in [1.165, 1.54) is 4.88 Å². The lowest BCUT2D eigenvalue weighted by Gasteiger charge is -2.33. The van der Waals surface area contributed by atoms with Crippen molar-refractivity contribution in [2.75, 3.05) is 20.7 Å². The summed E-state index contributed by atoms with van der Waals surface area (Å²) in [5.74, 6) is 0. The molecule has 1 aromatic rings. The van der Waals surface area contributed by atoms with Crippen LogP contribution in [0.4, 0.5) is 0 Å². The Hall–Kier alpha value is -0.380. The van der Waals surface area contributed by atoms with Crippen LogP contribution < -0.4 is 0 Å². The first-order chi connectivity index (χ1) is 5.61. The summed E-state index contributed by atoms with van der Waals surface area (Å²) in [6.07, 6.45) is 0. The number of hydrogen-bond donors (Lipinski definition) is 1. The molecule has 1 rings (SSSR count). The summed E-state index contributed by atoms with van der Waals surface area (Å²) in [5, 5.41) is 11.3. The summed E-state index contributed by atoms with van der Waals surface area (Å²) in [7, 11) is 3.96. The Bertz CT molecular complexity index is 233. The van der Waals surface area contributed by atoms with Gasteiger partial charge in [-0.25, -0.2) is 0 Å². The lowest BCUT2D eigenvalue weighted by molar-refractivity contribution is 0.0857. The number of hydrogen-bond acceptors (Lipinski definition) is 3. The van der Waals surface area contributed by atoms with Gasteiger partial charge in [-0.05, 0) is 32.5 Å². The molecule has 12 heavy (non-hydrogen) atoms. The Morgan fingerprint density at radius 1 is 1.58 bits per heavy atom. The van der Waals surface area contributed by atoms with Crippen LogP contribution in [0.1, 0.15) is 11.8 Å². The summed E-state index contributed by atoms with van der Waals surface area (Å²) in [6.45, 7) is 2.19. The van der Waals surface area contributed by atoms with Crippen LogP contribution in [0.2, 0.25) is 0 Å². The van der Waals surface area contributed by atoms with Gasteiger partial charge in [-0.1, -0.05) is 6.07 Å². The predicted molar refractivity (Wildman–Crippen MR) is 52.4 cm³/mol. The van der Waals surface area contributed by atoms with Crippen LogP contribution in [0.3, 0.4) is 0 Å². The second-order valence-electron chi connectivity index (χ2n) is 3.30. The molecule has 1 N–H and O–H groups in total. The molecule has 0 saturated carbocycles. The molecular weight excluding hydrogens is 170 g/mol. The highest BCUT2D eigenvalue weighted by Crippen LogP contribution is 2.28. The third kappa shape index (κ3) is 1.53. The van der Waals surface area contributed by atoms with Gasteiger partial charge < -0.3 is 5.11 Å². The van der Waals surface area contributed by atoms with Crippen molar-refractivity contribution in [2.45, 2.75) is 12.5 Å². The molecule has 0 radical (unpaired) electrons. The fraction of sp³-hybridized carbons (Fsp3) is 0.556. The van der Waals surface area contributed by atoms with Crippen LogP contribution in [-0.4, -0.2) is 30.7 Å². The van der Waals surface area contributed by atoms with Crippen LogP contribution in [0.5, 0.6) is 0 Å². The fourth-order valence-corrected chi connectivity index (χ4v) is 1.99. The molecule has 0 bridgehead atoms. The smallest absolute Gasteiger partial charge is 0.0754 e. The number of nitrogens with zero attached hydrogens (tertiary/aromatic N) is 1. The van der Waals surface area contributed by atoms with Gasteiger partial charge in [0.15, 0.2) is 0 Å². The molecule has 0 amide bonds. The molecule has 0 aliphatic rings. The van der Waals surface area contributed by atoms with E-state index in [9.17, 15) is 5.11 Å². The van der Waals surface area contributed by atoms with Crippen molar-refractivity contribution in [3.8, 4) is 0 Å².